The Balaban J connectivity index is 3.92. The molecule has 0 saturated carbocycles. The Hall–Kier alpha value is -0.770. The summed E-state index contributed by atoms with van der Waals surface area (Å²) in [4.78, 5) is 10.1. The molecular formula is C6H14N2O2. The molecule has 0 bridgehead atoms. The largest absolute Gasteiger partial charge is 0.465 e. The van der Waals surface area contributed by atoms with Crippen molar-refractivity contribution in [1.82, 2.24) is 5.32 Å². The number of carboxylic acid groups (broad SMARTS) is 1. The van der Waals surface area contributed by atoms with E-state index in [-0.39, 0.29) is 0 Å². The van der Waals surface area contributed by atoms with E-state index in [4.69, 9.17) is 10.8 Å². The maximum absolute atomic E-state index is 10.1. The van der Waals surface area contributed by atoms with Gasteiger partial charge < -0.3 is 16.2 Å². The standard InChI is InChI=1S/C6H14N2O2/c1-3-6(7,4-2)8-5(9)10/h8H,3-4,7H2,1-2H3,(H,9,10). The molecule has 0 aliphatic heterocycles. The average molecular weight is 146 g/mol. The summed E-state index contributed by atoms with van der Waals surface area (Å²) < 4.78 is 0. The minimum atomic E-state index is -1.06. The normalized spacial score (nSPS) is 11.1. The number of hydrogen-bond donors (Lipinski definition) is 3. The van der Waals surface area contributed by atoms with E-state index in [1.54, 1.807) is 0 Å². The molecule has 4 nitrogen and oxygen atoms in total. The van der Waals surface area contributed by atoms with Gasteiger partial charge in [-0.1, -0.05) is 13.8 Å². The van der Waals surface area contributed by atoms with Crippen molar-refractivity contribution >= 4 is 6.09 Å². The summed E-state index contributed by atoms with van der Waals surface area (Å²) in [5.41, 5.74) is 4.86. The molecule has 4 heteroatoms. The zero-order valence-electron chi connectivity index (χ0n) is 6.35. The average Bonchev–Trinajstić information content (AvgIpc) is 1.87. The first-order chi connectivity index (χ1) is 4.54. The van der Waals surface area contributed by atoms with Crippen LogP contribution in [-0.4, -0.2) is 16.9 Å². The second-order valence-corrected chi connectivity index (χ2v) is 2.29. The molecule has 0 radical (unpaired) electrons. The molecule has 0 aliphatic carbocycles. The quantitative estimate of drug-likeness (QED) is 0.514. The van der Waals surface area contributed by atoms with E-state index in [2.05, 4.69) is 5.32 Å². The maximum Gasteiger partial charge on any atom is 0.406 e. The van der Waals surface area contributed by atoms with Crippen LogP contribution in [0.3, 0.4) is 0 Å². The van der Waals surface area contributed by atoms with Crippen molar-refractivity contribution in [3.8, 4) is 0 Å². The fourth-order valence-corrected chi connectivity index (χ4v) is 0.640. The molecule has 0 unspecified atom stereocenters. The van der Waals surface area contributed by atoms with Crippen molar-refractivity contribution in [2.45, 2.75) is 32.4 Å². The fourth-order valence-electron chi connectivity index (χ4n) is 0.640. The molecule has 0 aromatic heterocycles. The van der Waals surface area contributed by atoms with Crippen LogP contribution in [0.5, 0.6) is 0 Å². The van der Waals surface area contributed by atoms with Crippen molar-refractivity contribution in [2.24, 2.45) is 5.73 Å². The lowest BCUT2D eigenvalue weighted by atomic mass is 10.1. The van der Waals surface area contributed by atoms with E-state index in [1.165, 1.54) is 0 Å². The molecule has 0 rings (SSSR count). The maximum atomic E-state index is 10.1. The highest BCUT2D eigenvalue weighted by Gasteiger charge is 2.21. The molecule has 0 aliphatic rings. The first kappa shape index (κ1) is 9.23. The SMILES string of the molecule is CCC(N)(CC)NC(=O)O. The summed E-state index contributed by atoms with van der Waals surface area (Å²) in [6.45, 7) is 3.69. The number of carbonyl (C=O) groups is 1. The Bertz CT molecular complexity index is 121. The van der Waals surface area contributed by atoms with Crippen LogP contribution in [0.1, 0.15) is 26.7 Å². The van der Waals surface area contributed by atoms with Crippen LogP contribution < -0.4 is 11.1 Å². The molecule has 0 heterocycles. The van der Waals surface area contributed by atoms with Gasteiger partial charge in [0.1, 0.15) is 0 Å². The van der Waals surface area contributed by atoms with Crippen molar-refractivity contribution in [3.05, 3.63) is 0 Å². The van der Waals surface area contributed by atoms with Gasteiger partial charge in [0.2, 0.25) is 0 Å². The van der Waals surface area contributed by atoms with Crippen molar-refractivity contribution in [3.63, 3.8) is 0 Å². The molecule has 4 N–H and O–H groups in total. The van der Waals surface area contributed by atoms with Gasteiger partial charge in [-0.05, 0) is 12.8 Å². The van der Waals surface area contributed by atoms with Gasteiger partial charge in [-0.15, -0.1) is 0 Å². The van der Waals surface area contributed by atoms with Crippen molar-refractivity contribution in [2.75, 3.05) is 0 Å². The van der Waals surface area contributed by atoms with Crippen LogP contribution >= 0.6 is 0 Å². The van der Waals surface area contributed by atoms with E-state index < -0.39 is 11.8 Å². The molecule has 0 atom stereocenters. The van der Waals surface area contributed by atoms with E-state index in [0.29, 0.717) is 12.8 Å². The van der Waals surface area contributed by atoms with Gasteiger partial charge in [-0.2, -0.15) is 0 Å². The Kier molecular flexibility index (Phi) is 3.15. The first-order valence-corrected chi connectivity index (χ1v) is 3.34. The Labute approximate surface area is 60.4 Å². The van der Waals surface area contributed by atoms with E-state index >= 15 is 0 Å². The highest BCUT2D eigenvalue weighted by molar-refractivity contribution is 5.65. The van der Waals surface area contributed by atoms with Gasteiger partial charge in [0.15, 0.2) is 0 Å². The van der Waals surface area contributed by atoms with Crippen LogP contribution in [0.4, 0.5) is 4.79 Å². The number of amides is 1. The minimum absolute atomic E-state index is 0.607. The molecule has 0 spiro atoms. The lowest BCUT2D eigenvalue weighted by Crippen LogP contribution is -2.54. The highest BCUT2D eigenvalue weighted by atomic mass is 16.4. The Morgan fingerprint density at radius 1 is 1.60 bits per heavy atom. The Morgan fingerprint density at radius 3 is 2.10 bits per heavy atom. The summed E-state index contributed by atoms with van der Waals surface area (Å²) in [5, 5.41) is 10.6. The first-order valence-electron chi connectivity index (χ1n) is 3.34. The second kappa shape index (κ2) is 3.41. The predicted octanol–water partition coefficient (Wildman–Crippen LogP) is 0.729. The van der Waals surface area contributed by atoms with Gasteiger partial charge in [0, 0.05) is 0 Å². The van der Waals surface area contributed by atoms with Crippen LogP contribution in [0.2, 0.25) is 0 Å². The third-order valence-corrected chi connectivity index (χ3v) is 1.62. The molecule has 0 aromatic rings. The Morgan fingerprint density at radius 2 is 2.00 bits per heavy atom. The summed E-state index contributed by atoms with van der Waals surface area (Å²) >= 11 is 0. The monoisotopic (exact) mass is 146 g/mol. The number of rotatable bonds is 3. The molecule has 0 saturated heterocycles. The predicted molar refractivity (Wildman–Crippen MR) is 38.7 cm³/mol. The summed E-state index contributed by atoms with van der Waals surface area (Å²) in [6.07, 6.45) is 0.150. The van der Waals surface area contributed by atoms with Gasteiger partial charge in [0.05, 0.1) is 5.66 Å². The number of nitrogens with two attached hydrogens (primary N) is 1. The second-order valence-electron chi connectivity index (χ2n) is 2.29. The zero-order chi connectivity index (χ0) is 8.20. The zero-order valence-corrected chi connectivity index (χ0v) is 6.35. The molecule has 0 aromatic carbocycles. The van der Waals surface area contributed by atoms with Gasteiger partial charge in [-0.3, -0.25) is 0 Å². The van der Waals surface area contributed by atoms with Gasteiger partial charge >= 0.3 is 6.09 Å². The highest BCUT2D eigenvalue weighted by Crippen LogP contribution is 2.05. The molecule has 10 heavy (non-hydrogen) atoms. The van der Waals surface area contributed by atoms with Crippen LogP contribution in [-0.2, 0) is 0 Å². The number of hydrogen-bond acceptors (Lipinski definition) is 2. The molecule has 1 amide bonds. The van der Waals surface area contributed by atoms with Gasteiger partial charge in [0.25, 0.3) is 0 Å². The van der Waals surface area contributed by atoms with E-state index in [0.717, 1.165) is 0 Å². The molecule has 0 fully saturated rings. The van der Waals surface area contributed by atoms with E-state index in [9.17, 15) is 4.79 Å². The third kappa shape index (κ3) is 2.68. The summed E-state index contributed by atoms with van der Waals surface area (Å²) in [6, 6.07) is 0. The number of nitrogens with one attached hydrogen (secondary N) is 1. The summed E-state index contributed by atoms with van der Waals surface area (Å²) in [5.74, 6) is 0. The smallest absolute Gasteiger partial charge is 0.406 e. The molecular weight excluding hydrogens is 132 g/mol. The van der Waals surface area contributed by atoms with Crippen molar-refractivity contribution in [1.29, 1.82) is 0 Å². The molecule has 60 valence electrons. The van der Waals surface area contributed by atoms with E-state index in [1.807, 2.05) is 13.8 Å². The topological polar surface area (TPSA) is 75.3 Å². The lowest BCUT2D eigenvalue weighted by molar-refractivity contribution is 0.175. The summed E-state index contributed by atoms with van der Waals surface area (Å²) in [7, 11) is 0. The third-order valence-electron chi connectivity index (χ3n) is 1.62. The minimum Gasteiger partial charge on any atom is -0.465 e. The lowest BCUT2D eigenvalue weighted by Gasteiger charge is -2.25. The van der Waals surface area contributed by atoms with Crippen LogP contribution in [0, 0.1) is 0 Å². The van der Waals surface area contributed by atoms with Crippen LogP contribution in [0.25, 0.3) is 0 Å². The fraction of sp³-hybridized carbons (Fsp3) is 0.833. The van der Waals surface area contributed by atoms with Crippen molar-refractivity contribution < 1.29 is 9.90 Å². The van der Waals surface area contributed by atoms with Crippen LogP contribution in [0.15, 0.2) is 0 Å². The van der Waals surface area contributed by atoms with Gasteiger partial charge in [-0.25, -0.2) is 4.79 Å².